The Morgan fingerprint density at radius 3 is 3.08 bits per heavy atom. The maximum absolute atomic E-state index is 9.48. The molecule has 1 rings (SSSR count). The number of rotatable bonds is 5. The van der Waals surface area contributed by atoms with Gasteiger partial charge in [0, 0.05) is 18.9 Å². The summed E-state index contributed by atoms with van der Waals surface area (Å²) in [6, 6.07) is 0. The van der Waals surface area contributed by atoms with Crippen LogP contribution < -0.4 is 0 Å². The second kappa shape index (κ2) is 4.99. The van der Waals surface area contributed by atoms with Gasteiger partial charge in [0.1, 0.15) is 0 Å². The van der Waals surface area contributed by atoms with Crippen molar-refractivity contribution in [2.45, 2.75) is 26.0 Å². The summed E-state index contributed by atoms with van der Waals surface area (Å²) in [5.41, 5.74) is 0.874. The van der Waals surface area contributed by atoms with Crippen molar-refractivity contribution >= 4 is 0 Å². The summed E-state index contributed by atoms with van der Waals surface area (Å²) < 4.78 is 6.69. The standard InChI is InChI=1S/C9H16N2O2/c1-3-9(12)8-6-10-11(7-8)4-5-13-2/h6-7,9,12H,3-5H2,1-2H3. The number of aromatic nitrogens is 2. The summed E-state index contributed by atoms with van der Waals surface area (Å²) in [5, 5.41) is 13.6. The van der Waals surface area contributed by atoms with Crippen LogP contribution in [0.2, 0.25) is 0 Å². The molecule has 0 spiro atoms. The summed E-state index contributed by atoms with van der Waals surface area (Å²) in [5.74, 6) is 0. The molecule has 0 radical (unpaired) electrons. The molecule has 74 valence electrons. The Bertz CT molecular complexity index is 248. The highest BCUT2D eigenvalue weighted by molar-refractivity contribution is 5.07. The summed E-state index contributed by atoms with van der Waals surface area (Å²) in [4.78, 5) is 0. The number of methoxy groups -OCH3 is 1. The Labute approximate surface area is 78.1 Å². The minimum atomic E-state index is -0.392. The van der Waals surface area contributed by atoms with E-state index in [1.54, 1.807) is 18.0 Å². The second-order valence-corrected chi connectivity index (χ2v) is 2.95. The van der Waals surface area contributed by atoms with Gasteiger partial charge in [-0.15, -0.1) is 0 Å². The summed E-state index contributed by atoms with van der Waals surface area (Å²) in [6.45, 7) is 3.31. The van der Waals surface area contributed by atoms with Gasteiger partial charge in [0.05, 0.1) is 25.5 Å². The fourth-order valence-corrected chi connectivity index (χ4v) is 1.09. The molecule has 0 aliphatic heterocycles. The summed E-state index contributed by atoms with van der Waals surface area (Å²) in [7, 11) is 1.66. The average molecular weight is 184 g/mol. The van der Waals surface area contributed by atoms with Gasteiger partial charge >= 0.3 is 0 Å². The number of hydrogen-bond acceptors (Lipinski definition) is 3. The first-order valence-corrected chi connectivity index (χ1v) is 4.47. The van der Waals surface area contributed by atoms with Crippen LogP contribution in [0.1, 0.15) is 25.0 Å². The van der Waals surface area contributed by atoms with Crippen LogP contribution in [0.4, 0.5) is 0 Å². The molecular formula is C9H16N2O2. The van der Waals surface area contributed by atoms with E-state index in [0.717, 1.165) is 18.5 Å². The molecule has 1 heterocycles. The van der Waals surface area contributed by atoms with Crippen LogP contribution in [0.25, 0.3) is 0 Å². The monoisotopic (exact) mass is 184 g/mol. The van der Waals surface area contributed by atoms with E-state index >= 15 is 0 Å². The molecule has 1 atom stereocenters. The Hall–Kier alpha value is -0.870. The zero-order chi connectivity index (χ0) is 9.68. The molecule has 0 aliphatic rings. The molecule has 4 heteroatoms. The molecular weight excluding hydrogens is 168 g/mol. The van der Waals surface area contributed by atoms with Crippen molar-refractivity contribution in [2.24, 2.45) is 0 Å². The third kappa shape index (κ3) is 2.82. The molecule has 1 aromatic rings. The number of hydrogen-bond donors (Lipinski definition) is 1. The van der Waals surface area contributed by atoms with Crippen molar-refractivity contribution in [3.8, 4) is 0 Å². The Balaban J connectivity index is 2.53. The molecule has 0 aromatic carbocycles. The number of aliphatic hydroxyl groups excluding tert-OH is 1. The quantitative estimate of drug-likeness (QED) is 0.741. The highest BCUT2D eigenvalue weighted by Gasteiger charge is 2.06. The van der Waals surface area contributed by atoms with Gasteiger partial charge in [-0.1, -0.05) is 6.92 Å². The molecule has 1 unspecified atom stereocenters. The first-order valence-electron chi connectivity index (χ1n) is 4.47. The molecule has 0 saturated carbocycles. The average Bonchev–Trinajstić information content (AvgIpc) is 2.62. The minimum absolute atomic E-state index is 0.392. The number of ether oxygens (including phenoxy) is 1. The first-order chi connectivity index (χ1) is 6.27. The normalized spacial score (nSPS) is 13.2. The lowest BCUT2D eigenvalue weighted by Gasteiger charge is -2.02. The van der Waals surface area contributed by atoms with Gasteiger partial charge in [-0.3, -0.25) is 4.68 Å². The molecule has 13 heavy (non-hydrogen) atoms. The molecule has 1 N–H and O–H groups in total. The maximum Gasteiger partial charge on any atom is 0.0817 e. The lowest BCUT2D eigenvalue weighted by Crippen LogP contribution is -2.04. The fraction of sp³-hybridized carbons (Fsp3) is 0.667. The topological polar surface area (TPSA) is 47.3 Å². The van der Waals surface area contributed by atoms with Crippen LogP contribution >= 0.6 is 0 Å². The van der Waals surface area contributed by atoms with E-state index in [4.69, 9.17) is 4.74 Å². The molecule has 4 nitrogen and oxygen atoms in total. The van der Waals surface area contributed by atoms with Crippen LogP contribution in [-0.2, 0) is 11.3 Å². The largest absolute Gasteiger partial charge is 0.388 e. The predicted octanol–water partition coefficient (Wildman–Crippen LogP) is 0.973. The van der Waals surface area contributed by atoms with Gasteiger partial charge in [0.2, 0.25) is 0 Å². The van der Waals surface area contributed by atoms with Crippen molar-refractivity contribution in [1.82, 2.24) is 9.78 Å². The third-order valence-electron chi connectivity index (χ3n) is 1.95. The third-order valence-corrected chi connectivity index (χ3v) is 1.95. The SMILES string of the molecule is CCC(O)c1cnn(CCOC)c1. The Morgan fingerprint density at radius 2 is 2.46 bits per heavy atom. The van der Waals surface area contributed by atoms with E-state index in [1.807, 2.05) is 13.1 Å². The summed E-state index contributed by atoms with van der Waals surface area (Å²) in [6.07, 6.45) is 3.88. The van der Waals surface area contributed by atoms with Crippen molar-refractivity contribution in [2.75, 3.05) is 13.7 Å². The van der Waals surface area contributed by atoms with Gasteiger partial charge < -0.3 is 9.84 Å². The number of nitrogens with zero attached hydrogens (tertiary/aromatic N) is 2. The summed E-state index contributed by atoms with van der Waals surface area (Å²) >= 11 is 0. The van der Waals surface area contributed by atoms with E-state index in [0.29, 0.717) is 6.61 Å². The van der Waals surface area contributed by atoms with Crippen molar-refractivity contribution in [1.29, 1.82) is 0 Å². The smallest absolute Gasteiger partial charge is 0.0817 e. The maximum atomic E-state index is 9.48. The molecule has 0 fully saturated rings. The van der Waals surface area contributed by atoms with Gasteiger partial charge in [-0.2, -0.15) is 5.10 Å². The van der Waals surface area contributed by atoms with Crippen molar-refractivity contribution < 1.29 is 9.84 Å². The van der Waals surface area contributed by atoms with E-state index < -0.39 is 6.10 Å². The van der Waals surface area contributed by atoms with Gasteiger partial charge in [0.15, 0.2) is 0 Å². The highest BCUT2D eigenvalue weighted by atomic mass is 16.5. The lowest BCUT2D eigenvalue weighted by atomic mass is 10.2. The fourth-order valence-electron chi connectivity index (χ4n) is 1.09. The first kappa shape index (κ1) is 10.2. The van der Waals surface area contributed by atoms with Crippen molar-refractivity contribution in [3.05, 3.63) is 18.0 Å². The molecule has 1 aromatic heterocycles. The van der Waals surface area contributed by atoms with Crippen LogP contribution in [0.15, 0.2) is 12.4 Å². The number of aliphatic hydroxyl groups is 1. The van der Waals surface area contributed by atoms with Gasteiger partial charge in [-0.05, 0) is 6.42 Å². The molecule has 0 aliphatic carbocycles. The lowest BCUT2D eigenvalue weighted by molar-refractivity contribution is 0.172. The molecule has 0 saturated heterocycles. The minimum Gasteiger partial charge on any atom is -0.388 e. The molecule has 0 bridgehead atoms. The van der Waals surface area contributed by atoms with Crippen LogP contribution in [0, 0.1) is 0 Å². The van der Waals surface area contributed by atoms with Crippen LogP contribution in [-0.4, -0.2) is 28.6 Å². The van der Waals surface area contributed by atoms with Crippen molar-refractivity contribution in [3.63, 3.8) is 0 Å². The van der Waals surface area contributed by atoms with E-state index in [9.17, 15) is 5.11 Å². The van der Waals surface area contributed by atoms with E-state index in [1.165, 1.54) is 0 Å². The van der Waals surface area contributed by atoms with E-state index in [-0.39, 0.29) is 0 Å². The predicted molar refractivity (Wildman–Crippen MR) is 49.4 cm³/mol. The second-order valence-electron chi connectivity index (χ2n) is 2.95. The van der Waals surface area contributed by atoms with Crippen LogP contribution in [0.3, 0.4) is 0 Å². The zero-order valence-corrected chi connectivity index (χ0v) is 8.10. The van der Waals surface area contributed by atoms with Crippen LogP contribution in [0.5, 0.6) is 0 Å². The Morgan fingerprint density at radius 1 is 1.69 bits per heavy atom. The van der Waals surface area contributed by atoms with Gasteiger partial charge in [0.25, 0.3) is 0 Å². The zero-order valence-electron chi connectivity index (χ0n) is 8.10. The molecule has 0 amide bonds. The highest BCUT2D eigenvalue weighted by Crippen LogP contribution is 2.14. The Kier molecular flexibility index (Phi) is 3.92. The van der Waals surface area contributed by atoms with E-state index in [2.05, 4.69) is 5.10 Å². The van der Waals surface area contributed by atoms with Gasteiger partial charge in [-0.25, -0.2) is 0 Å².